The van der Waals surface area contributed by atoms with Crippen molar-refractivity contribution in [1.82, 2.24) is 10.2 Å². The zero-order valence-corrected chi connectivity index (χ0v) is 12.0. The van der Waals surface area contributed by atoms with Crippen molar-refractivity contribution in [3.05, 3.63) is 23.2 Å². The van der Waals surface area contributed by atoms with Crippen molar-refractivity contribution in [3.8, 4) is 0 Å². The zero-order chi connectivity index (χ0) is 14.9. The molecule has 0 spiro atoms. The van der Waals surface area contributed by atoms with Crippen LogP contribution in [0.4, 0.5) is 4.79 Å². The summed E-state index contributed by atoms with van der Waals surface area (Å²) in [7, 11) is 0. The lowest BCUT2D eigenvalue weighted by molar-refractivity contribution is -0.141. The van der Waals surface area contributed by atoms with Gasteiger partial charge in [0, 0.05) is 18.7 Å². The highest BCUT2D eigenvalue weighted by molar-refractivity contribution is 5.77. The number of hydrogen-bond acceptors (Lipinski definition) is 3. The molecule has 2 atom stereocenters. The van der Waals surface area contributed by atoms with Gasteiger partial charge in [-0.3, -0.25) is 4.79 Å². The van der Waals surface area contributed by atoms with E-state index in [0.29, 0.717) is 13.0 Å². The van der Waals surface area contributed by atoms with E-state index in [1.807, 2.05) is 26.8 Å². The molecule has 1 aromatic rings. The molecular weight excluding hydrogens is 260 g/mol. The minimum atomic E-state index is -0.838. The molecule has 1 fully saturated rings. The highest BCUT2D eigenvalue weighted by Crippen LogP contribution is 2.22. The fourth-order valence-electron chi connectivity index (χ4n) is 2.58. The fraction of sp³-hybridized carbons (Fsp3) is 0.571. The third kappa shape index (κ3) is 2.95. The molecule has 6 heteroatoms. The van der Waals surface area contributed by atoms with E-state index in [1.54, 1.807) is 4.90 Å². The Morgan fingerprint density at radius 1 is 1.50 bits per heavy atom. The fourth-order valence-corrected chi connectivity index (χ4v) is 2.58. The second-order valence-corrected chi connectivity index (χ2v) is 5.31. The van der Waals surface area contributed by atoms with Crippen LogP contribution in [0.3, 0.4) is 0 Å². The Kier molecular flexibility index (Phi) is 4.01. The monoisotopic (exact) mass is 280 g/mol. The molecule has 0 bridgehead atoms. The molecule has 2 amide bonds. The maximum atomic E-state index is 12.1. The van der Waals surface area contributed by atoms with Gasteiger partial charge in [0.25, 0.3) is 0 Å². The van der Waals surface area contributed by atoms with E-state index in [1.165, 1.54) is 0 Å². The van der Waals surface area contributed by atoms with Gasteiger partial charge in [0.2, 0.25) is 0 Å². The average Bonchev–Trinajstić information content (AvgIpc) is 2.95. The molecule has 110 valence electrons. The second kappa shape index (κ2) is 5.56. The van der Waals surface area contributed by atoms with Gasteiger partial charge in [-0.25, -0.2) is 4.79 Å². The van der Waals surface area contributed by atoms with Crippen molar-refractivity contribution in [3.63, 3.8) is 0 Å². The summed E-state index contributed by atoms with van der Waals surface area (Å²) >= 11 is 0. The number of nitrogens with one attached hydrogen (secondary N) is 1. The quantitative estimate of drug-likeness (QED) is 0.888. The molecule has 1 aliphatic heterocycles. The predicted molar refractivity (Wildman–Crippen MR) is 72.4 cm³/mol. The number of carbonyl (C=O) groups excluding carboxylic acids is 1. The Hall–Kier alpha value is -1.98. The molecule has 1 saturated heterocycles. The number of likely N-dealkylation sites (tertiary alicyclic amines) is 1. The predicted octanol–water partition coefficient (Wildman–Crippen LogP) is 2.07. The molecule has 0 aromatic carbocycles. The molecule has 6 nitrogen and oxygen atoms in total. The summed E-state index contributed by atoms with van der Waals surface area (Å²) in [5, 5.41) is 11.8. The number of rotatable bonds is 3. The van der Waals surface area contributed by atoms with Crippen molar-refractivity contribution in [2.75, 3.05) is 13.1 Å². The van der Waals surface area contributed by atoms with Gasteiger partial charge >= 0.3 is 12.0 Å². The molecule has 2 unspecified atom stereocenters. The van der Waals surface area contributed by atoms with Crippen LogP contribution in [0, 0.1) is 19.8 Å². The first-order valence-electron chi connectivity index (χ1n) is 6.73. The molecule has 2 N–H and O–H groups in total. The standard InChI is InChI=1S/C14H20N2O4/c1-8-6-12(10(3)20-8)9(2)15-14(19)16-5-4-11(7-16)13(17)18/h6,9,11H,4-5,7H2,1-3H3,(H,15,19)(H,17,18). The lowest BCUT2D eigenvalue weighted by Gasteiger charge is -2.20. The number of carboxylic acid groups (broad SMARTS) is 1. The summed E-state index contributed by atoms with van der Waals surface area (Å²) in [6, 6.07) is 1.52. The molecule has 2 rings (SSSR count). The van der Waals surface area contributed by atoms with Crippen molar-refractivity contribution >= 4 is 12.0 Å². The van der Waals surface area contributed by atoms with Crippen molar-refractivity contribution < 1.29 is 19.1 Å². The van der Waals surface area contributed by atoms with Gasteiger partial charge in [-0.15, -0.1) is 0 Å². The van der Waals surface area contributed by atoms with Crippen LogP contribution in [-0.4, -0.2) is 35.1 Å². The first-order chi connectivity index (χ1) is 9.38. The van der Waals surface area contributed by atoms with Crippen LogP contribution in [0.5, 0.6) is 0 Å². The minimum Gasteiger partial charge on any atom is -0.481 e. The molecular formula is C14H20N2O4. The summed E-state index contributed by atoms with van der Waals surface area (Å²) in [5.41, 5.74) is 0.949. The van der Waals surface area contributed by atoms with E-state index < -0.39 is 11.9 Å². The number of nitrogens with zero attached hydrogens (tertiary/aromatic N) is 1. The SMILES string of the molecule is Cc1cc(C(C)NC(=O)N2CCC(C(=O)O)C2)c(C)o1. The number of furan rings is 1. The molecule has 0 saturated carbocycles. The largest absolute Gasteiger partial charge is 0.481 e. The number of carbonyl (C=O) groups is 2. The van der Waals surface area contributed by atoms with Crippen LogP contribution in [-0.2, 0) is 4.79 Å². The third-order valence-corrected chi connectivity index (χ3v) is 3.71. The van der Waals surface area contributed by atoms with Crippen LogP contribution in [0.15, 0.2) is 10.5 Å². The lowest BCUT2D eigenvalue weighted by Crippen LogP contribution is -2.40. The van der Waals surface area contributed by atoms with Crippen molar-refractivity contribution in [2.24, 2.45) is 5.92 Å². The smallest absolute Gasteiger partial charge is 0.317 e. The average molecular weight is 280 g/mol. The zero-order valence-electron chi connectivity index (χ0n) is 12.0. The first-order valence-corrected chi connectivity index (χ1v) is 6.73. The van der Waals surface area contributed by atoms with Crippen LogP contribution >= 0.6 is 0 Å². The van der Waals surface area contributed by atoms with Crippen molar-refractivity contribution in [1.29, 1.82) is 0 Å². The van der Waals surface area contributed by atoms with E-state index in [2.05, 4.69) is 5.32 Å². The van der Waals surface area contributed by atoms with E-state index in [0.717, 1.165) is 17.1 Å². The molecule has 20 heavy (non-hydrogen) atoms. The topological polar surface area (TPSA) is 82.8 Å². The number of amides is 2. The summed E-state index contributed by atoms with van der Waals surface area (Å²) in [4.78, 5) is 24.5. The van der Waals surface area contributed by atoms with Gasteiger partial charge in [0.05, 0.1) is 12.0 Å². The Bertz CT molecular complexity index is 523. The van der Waals surface area contributed by atoms with Gasteiger partial charge in [-0.1, -0.05) is 0 Å². The molecule has 0 aliphatic carbocycles. The van der Waals surface area contributed by atoms with Gasteiger partial charge in [-0.05, 0) is 33.3 Å². The molecule has 1 aliphatic rings. The normalized spacial score (nSPS) is 19.9. The van der Waals surface area contributed by atoms with Crippen LogP contribution in [0.1, 0.15) is 36.5 Å². The van der Waals surface area contributed by atoms with Crippen LogP contribution < -0.4 is 5.32 Å². The Balaban J connectivity index is 1.95. The highest BCUT2D eigenvalue weighted by Gasteiger charge is 2.31. The molecule has 0 radical (unpaired) electrons. The summed E-state index contributed by atoms with van der Waals surface area (Å²) in [6.45, 7) is 6.38. The van der Waals surface area contributed by atoms with E-state index in [-0.39, 0.29) is 18.6 Å². The van der Waals surface area contributed by atoms with Gasteiger partial charge in [0.15, 0.2) is 0 Å². The highest BCUT2D eigenvalue weighted by atomic mass is 16.4. The number of urea groups is 1. The number of carboxylic acids is 1. The van der Waals surface area contributed by atoms with Crippen LogP contribution in [0.25, 0.3) is 0 Å². The van der Waals surface area contributed by atoms with Gasteiger partial charge in [-0.2, -0.15) is 0 Å². The number of aliphatic carboxylic acids is 1. The number of hydrogen-bond donors (Lipinski definition) is 2. The Morgan fingerprint density at radius 2 is 2.20 bits per heavy atom. The summed E-state index contributed by atoms with van der Waals surface area (Å²) in [5.74, 6) is 0.314. The van der Waals surface area contributed by atoms with E-state index in [4.69, 9.17) is 9.52 Å². The maximum Gasteiger partial charge on any atom is 0.317 e. The summed E-state index contributed by atoms with van der Waals surface area (Å²) < 4.78 is 5.45. The van der Waals surface area contributed by atoms with Gasteiger partial charge in [0.1, 0.15) is 11.5 Å². The second-order valence-electron chi connectivity index (χ2n) is 5.31. The maximum absolute atomic E-state index is 12.1. The van der Waals surface area contributed by atoms with E-state index in [9.17, 15) is 9.59 Å². The number of aryl methyl sites for hydroxylation is 2. The first kappa shape index (κ1) is 14.4. The lowest BCUT2D eigenvalue weighted by atomic mass is 10.1. The van der Waals surface area contributed by atoms with Crippen LogP contribution in [0.2, 0.25) is 0 Å². The van der Waals surface area contributed by atoms with Gasteiger partial charge < -0.3 is 19.7 Å². The Labute approximate surface area is 117 Å². The summed E-state index contributed by atoms with van der Waals surface area (Å²) in [6.07, 6.45) is 0.515. The third-order valence-electron chi connectivity index (χ3n) is 3.71. The molecule has 1 aromatic heterocycles. The molecule has 2 heterocycles. The van der Waals surface area contributed by atoms with E-state index >= 15 is 0 Å². The Morgan fingerprint density at radius 3 is 2.70 bits per heavy atom. The minimum absolute atomic E-state index is 0.163. The van der Waals surface area contributed by atoms with Crippen molar-refractivity contribution in [2.45, 2.75) is 33.2 Å².